The van der Waals surface area contributed by atoms with Crippen molar-refractivity contribution >= 4 is 6.09 Å². The highest BCUT2D eigenvalue weighted by molar-refractivity contribution is 5.64. The fourth-order valence-electron chi connectivity index (χ4n) is 2.88. The minimum atomic E-state index is -1.10. The van der Waals surface area contributed by atoms with Crippen LogP contribution in [0, 0.1) is 0 Å². The minimum Gasteiger partial charge on any atom is -0.485 e. The number of aliphatic hydroxyl groups excluding tert-OH is 1. The number of ether oxygens (including phenoxy) is 2. The molecular formula is C24H25NO5. The molecule has 0 aliphatic carbocycles. The summed E-state index contributed by atoms with van der Waals surface area (Å²) in [5.41, 5.74) is 2.58. The molecule has 0 spiro atoms. The molecule has 30 heavy (non-hydrogen) atoms. The van der Waals surface area contributed by atoms with Crippen molar-refractivity contribution in [2.45, 2.75) is 19.3 Å². The third-order valence-corrected chi connectivity index (χ3v) is 4.60. The monoisotopic (exact) mass is 407 g/mol. The Hall–Kier alpha value is -3.51. The van der Waals surface area contributed by atoms with Crippen molar-refractivity contribution in [2.24, 2.45) is 0 Å². The molecule has 0 bridgehead atoms. The molecule has 0 aromatic heterocycles. The topological polar surface area (TPSA) is 79.2 Å². The summed E-state index contributed by atoms with van der Waals surface area (Å²) >= 11 is 0. The van der Waals surface area contributed by atoms with E-state index in [0.29, 0.717) is 30.3 Å². The molecule has 3 aromatic rings. The Balaban J connectivity index is 1.78. The maximum absolute atomic E-state index is 11.0. The molecule has 1 unspecified atom stereocenters. The molecule has 0 aliphatic heterocycles. The lowest BCUT2D eigenvalue weighted by Crippen LogP contribution is -2.29. The predicted octanol–water partition coefficient (Wildman–Crippen LogP) is 4.49. The van der Waals surface area contributed by atoms with Crippen LogP contribution in [0.3, 0.4) is 0 Å². The summed E-state index contributed by atoms with van der Waals surface area (Å²) in [6, 6.07) is 24.7. The van der Waals surface area contributed by atoms with Crippen LogP contribution in [0.15, 0.2) is 78.9 Å². The lowest BCUT2D eigenvalue weighted by molar-refractivity contribution is 0.108. The zero-order chi connectivity index (χ0) is 21.3. The van der Waals surface area contributed by atoms with Gasteiger partial charge in [-0.3, -0.25) is 0 Å². The lowest BCUT2D eigenvalue weighted by Gasteiger charge is -2.20. The maximum atomic E-state index is 11.0. The number of rotatable bonds is 9. The van der Waals surface area contributed by atoms with Crippen LogP contribution in [-0.2, 0) is 13.2 Å². The van der Waals surface area contributed by atoms with Crippen molar-refractivity contribution in [3.8, 4) is 11.5 Å². The fourth-order valence-corrected chi connectivity index (χ4v) is 2.88. The molecule has 0 saturated carbocycles. The molecule has 0 saturated heterocycles. The van der Waals surface area contributed by atoms with Crippen molar-refractivity contribution in [1.82, 2.24) is 4.90 Å². The van der Waals surface area contributed by atoms with Crippen molar-refractivity contribution in [3.63, 3.8) is 0 Å². The van der Waals surface area contributed by atoms with Crippen molar-refractivity contribution < 1.29 is 24.5 Å². The Morgan fingerprint density at radius 1 is 0.867 bits per heavy atom. The normalized spacial score (nSPS) is 11.5. The molecule has 3 rings (SSSR count). The minimum absolute atomic E-state index is 0.0440. The van der Waals surface area contributed by atoms with Crippen molar-refractivity contribution in [3.05, 3.63) is 95.6 Å². The first-order chi connectivity index (χ1) is 14.5. The first-order valence-corrected chi connectivity index (χ1v) is 9.62. The van der Waals surface area contributed by atoms with Crippen LogP contribution in [-0.4, -0.2) is 34.8 Å². The van der Waals surface area contributed by atoms with Gasteiger partial charge in [0.1, 0.15) is 13.2 Å². The van der Waals surface area contributed by atoms with Gasteiger partial charge in [-0.05, 0) is 28.8 Å². The van der Waals surface area contributed by atoms with E-state index in [2.05, 4.69) is 0 Å². The lowest BCUT2D eigenvalue weighted by atomic mass is 10.1. The highest BCUT2D eigenvalue weighted by Gasteiger charge is 2.17. The summed E-state index contributed by atoms with van der Waals surface area (Å²) in [7, 11) is 1.41. The highest BCUT2D eigenvalue weighted by atomic mass is 16.5. The first-order valence-electron chi connectivity index (χ1n) is 9.62. The number of amides is 1. The Labute approximate surface area is 175 Å². The molecule has 0 heterocycles. The van der Waals surface area contributed by atoms with Crippen LogP contribution in [0.4, 0.5) is 4.79 Å². The van der Waals surface area contributed by atoms with E-state index in [1.807, 2.05) is 60.7 Å². The summed E-state index contributed by atoms with van der Waals surface area (Å²) in [4.78, 5) is 12.1. The molecule has 6 heteroatoms. The predicted molar refractivity (Wildman–Crippen MR) is 114 cm³/mol. The van der Waals surface area contributed by atoms with E-state index in [1.165, 1.54) is 7.05 Å². The molecule has 0 aliphatic rings. The summed E-state index contributed by atoms with van der Waals surface area (Å²) < 4.78 is 11.9. The van der Waals surface area contributed by atoms with E-state index in [9.17, 15) is 9.90 Å². The van der Waals surface area contributed by atoms with E-state index in [1.54, 1.807) is 18.2 Å². The van der Waals surface area contributed by atoms with Gasteiger partial charge in [0.15, 0.2) is 11.5 Å². The van der Waals surface area contributed by atoms with E-state index in [-0.39, 0.29) is 6.54 Å². The van der Waals surface area contributed by atoms with Crippen LogP contribution in [0.5, 0.6) is 11.5 Å². The zero-order valence-corrected chi connectivity index (χ0v) is 16.8. The standard InChI is InChI=1S/C24H25NO5/c1-25(24(27)28)15-21(26)20-12-13-22(29-16-18-8-4-2-5-9-18)23(14-20)30-17-19-10-6-3-7-11-19/h2-14,21,26H,15-17H2,1H3,(H,27,28). The third kappa shape index (κ3) is 5.99. The number of benzene rings is 3. The van der Waals surface area contributed by atoms with Crippen LogP contribution < -0.4 is 9.47 Å². The van der Waals surface area contributed by atoms with E-state index in [0.717, 1.165) is 16.0 Å². The van der Waals surface area contributed by atoms with Gasteiger partial charge in [0.05, 0.1) is 12.6 Å². The number of carbonyl (C=O) groups is 1. The van der Waals surface area contributed by atoms with Crippen LogP contribution in [0.1, 0.15) is 22.8 Å². The molecule has 1 atom stereocenters. The number of hydrogen-bond donors (Lipinski definition) is 2. The van der Waals surface area contributed by atoms with Gasteiger partial charge >= 0.3 is 6.09 Å². The summed E-state index contributed by atoms with van der Waals surface area (Å²) in [6.07, 6.45) is -2.08. The van der Waals surface area contributed by atoms with Gasteiger partial charge in [-0.1, -0.05) is 66.7 Å². The van der Waals surface area contributed by atoms with E-state index in [4.69, 9.17) is 14.6 Å². The number of nitrogens with zero attached hydrogens (tertiary/aromatic N) is 1. The summed E-state index contributed by atoms with van der Waals surface area (Å²) in [6.45, 7) is 0.682. The molecule has 1 amide bonds. The van der Waals surface area contributed by atoms with E-state index >= 15 is 0 Å². The second-order valence-corrected chi connectivity index (χ2v) is 6.93. The molecule has 2 N–H and O–H groups in total. The Morgan fingerprint density at radius 3 is 1.93 bits per heavy atom. The van der Waals surface area contributed by atoms with Gasteiger partial charge in [-0.2, -0.15) is 0 Å². The van der Waals surface area contributed by atoms with Crippen LogP contribution >= 0.6 is 0 Å². The Bertz CT molecular complexity index is 946. The Morgan fingerprint density at radius 2 is 1.40 bits per heavy atom. The molecule has 6 nitrogen and oxygen atoms in total. The van der Waals surface area contributed by atoms with Crippen molar-refractivity contribution in [1.29, 1.82) is 0 Å². The summed E-state index contributed by atoms with van der Waals surface area (Å²) in [5, 5.41) is 19.5. The zero-order valence-electron chi connectivity index (χ0n) is 16.8. The number of carboxylic acid groups (broad SMARTS) is 1. The maximum Gasteiger partial charge on any atom is 0.407 e. The van der Waals surface area contributed by atoms with Gasteiger partial charge in [0.25, 0.3) is 0 Å². The smallest absolute Gasteiger partial charge is 0.407 e. The van der Waals surface area contributed by atoms with Gasteiger partial charge in [-0.25, -0.2) is 4.79 Å². The molecule has 0 fully saturated rings. The van der Waals surface area contributed by atoms with Gasteiger partial charge in [0.2, 0.25) is 0 Å². The fraction of sp³-hybridized carbons (Fsp3) is 0.208. The second-order valence-electron chi connectivity index (χ2n) is 6.93. The third-order valence-electron chi connectivity index (χ3n) is 4.60. The average molecular weight is 407 g/mol. The average Bonchev–Trinajstić information content (AvgIpc) is 2.77. The summed E-state index contributed by atoms with van der Waals surface area (Å²) in [5.74, 6) is 1.04. The molecule has 3 aromatic carbocycles. The van der Waals surface area contributed by atoms with Crippen LogP contribution in [0.2, 0.25) is 0 Å². The highest BCUT2D eigenvalue weighted by Crippen LogP contribution is 2.32. The largest absolute Gasteiger partial charge is 0.485 e. The van der Waals surface area contributed by atoms with Gasteiger partial charge in [0, 0.05) is 7.05 Å². The molecular weight excluding hydrogens is 382 g/mol. The van der Waals surface area contributed by atoms with Gasteiger partial charge in [-0.15, -0.1) is 0 Å². The number of hydrogen-bond acceptors (Lipinski definition) is 4. The van der Waals surface area contributed by atoms with E-state index < -0.39 is 12.2 Å². The number of aliphatic hydroxyl groups is 1. The SMILES string of the molecule is CN(CC(O)c1ccc(OCc2ccccc2)c(OCc2ccccc2)c1)C(=O)O. The molecule has 156 valence electrons. The van der Waals surface area contributed by atoms with Gasteiger partial charge < -0.3 is 24.6 Å². The van der Waals surface area contributed by atoms with Crippen molar-refractivity contribution in [2.75, 3.05) is 13.6 Å². The molecule has 0 radical (unpaired) electrons. The number of likely N-dealkylation sites (N-methyl/N-ethyl adjacent to an activating group) is 1. The van der Waals surface area contributed by atoms with Crippen LogP contribution in [0.25, 0.3) is 0 Å². The second kappa shape index (κ2) is 10.3. The Kier molecular flexibility index (Phi) is 7.29. The first kappa shape index (κ1) is 21.2. The quantitative estimate of drug-likeness (QED) is 0.546.